The van der Waals surface area contributed by atoms with Crippen LogP contribution in [0.1, 0.15) is 30.1 Å². The Bertz CT molecular complexity index is 456. The van der Waals surface area contributed by atoms with Gasteiger partial charge in [-0.15, -0.1) is 0 Å². The number of rotatable bonds is 4. The van der Waals surface area contributed by atoms with E-state index in [4.69, 9.17) is 17.3 Å². The first kappa shape index (κ1) is 13.8. The molecule has 0 aliphatic heterocycles. The molecule has 1 aromatic carbocycles. The summed E-state index contributed by atoms with van der Waals surface area (Å²) in [5.74, 6) is 0.368. The fraction of sp³-hybridized carbons (Fsp3) is 0.462. The van der Waals surface area contributed by atoms with E-state index in [-0.39, 0.29) is 11.4 Å². The lowest BCUT2D eigenvalue weighted by atomic mass is 9.95. The number of benzene rings is 1. The van der Waals surface area contributed by atoms with E-state index in [2.05, 4.69) is 21.2 Å². The molecule has 1 aliphatic carbocycles. The van der Waals surface area contributed by atoms with Crippen molar-refractivity contribution in [3.63, 3.8) is 0 Å². The Morgan fingerprint density at radius 3 is 2.72 bits per heavy atom. The molecule has 18 heavy (non-hydrogen) atoms. The average molecular weight is 332 g/mol. The Kier molecular flexibility index (Phi) is 3.99. The lowest BCUT2D eigenvalue weighted by Gasteiger charge is -2.29. The minimum absolute atomic E-state index is 0.127. The molecule has 98 valence electrons. The zero-order valence-corrected chi connectivity index (χ0v) is 12.5. The van der Waals surface area contributed by atoms with Crippen molar-refractivity contribution in [1.29, 1.82) is 0 Å². The predicted octanol–water partition coefficient (Wildman–Crippen LogP) is 2.96. The molecule has 1 fully saturated rings. The van der Waals surface area contributed by atoms with Crippen LogP contribution in [0.25, 0.3) is 0 Å². The lowest BCUT2D eigenvalue weighted by Crippen LogP contribution is -2.53. The van der Waals surface area contributed by atoms with Crippen LogP contribution < -0.4 is 11.1 Å². The van der Waals surface area contributed by atoms with Crippen LogP contribution >= 0.6 is 27.5 Å². The molecule has 0 heterocycles. The molecular formula is C13H16BrClN2O. The van der Waals surface area contributed by atoms with Gasteiger partial charge in [-0.2, -0.15) is 0 Å². The van der Waals surface area contributed by atoms with E-state index in [9.17, 15) is 4.79 Å². The van der Waals surface area contributed by atoms with E-state index in [0.717, 1.165) is 17.3 Å². The van der Waals surface area contributed by atoms with Crippen LogP contribution in [0.15, 0.2) is 22.7 Å². The highest BCUT2D eigenvalue weighted by molar-refractivity contribution is 9.10. The molecular weight excluding hydrogens is 316 g/mol. The van der Waals surface area contributed by atoms with Gasteiger partial charge in [-0.3, -0.25) is 4.79 Å². The number of hydrogen-bond donors (Lipinski definition) is 2. The number of nitrogens with one attached hydrogen (secondary N) is 1. The summed E-state index contributed by atoms with van der Waals surface area (Å²) in [5.41, 5.74) is 6.02. The van der Waals surface area contributed by atoms with Gasteiger partial charge < -0.3 is 11.1 Å². The molecule has 0 saturated heterocycles. The molecule has 1 aliphatic rings. The molecule has 0 spiro atoms. The first-order chi connectivity index (χ1) is 8.44. The molecule has 1 aromatic rings. The Labute approximate surface area is 120 Å². The van der Waals surface area contributed by atoms with Crippen molar-refractivity contribution in [3.05, 3.63) is 33.3 Å². The second-order valence-electron chi connectivity index (χ2n) is 5.01. The monoisotopic (exact) mass is 330 g/mol. The number of carbonyl (C=O) groups is 1. The quantitative estimate of drug-likeness (QED) is 0.891. The topological polar surface area (TPSA) is 55.1 Å². The van der Waals surface area contributed by atoms with Gasteiger partial charge in [-0.1, -0.05) is 27.5 Å². The molecule has 3 N–H and O–H groups in total. The molecule has 1 amide bonds. The van der Waals surface area contributed by atoms with Gasteiger partial charge in [0.2, 0.25) is 0 Å². The van der Waals surface area contributed by atoms with E-state index >= 15 is 0 Å². The summed E-state index contributed by atoms with van der Waals surface area (Å²) in [6.07, 6.45) is 2.26. The maximum atomic E-state index is 12.2. The summed E-state index contributed by atoms with van der Waals surface area (Å²) in [4.78, 5) is 12.2. The smallest absolute Gasteiger partial charge is 0.251 e. The van der Waals surface area contributed by atoms with Crippen LogP contribution in [0, 0.1) is 5.92 Å². The van der Waals surface area contributed by atoms with E-state index in [1.807, 2.05) is 6.92 Å². The van der Waals surface area contributed by atoms with Crippen LogP contribution in [0.2, 0.25) is 5.02 Å². The van der Waals surface area contributed by atoms with Gasteiger partial charge >= 0.3 is 0 Å². The Balaban J connectivity index is 2.16. The van der Waals surface area contributed by atoms with Crippen molar-refractivity contribution in [2.24, 2.45) is 11.7 Å². The Morgan fingerprint density at radius 1 is 1.56 bits per heavy atom. The van der Waals surface area contributed by atoms with Crippen LogP contribution in [0.3, 0.4) is 0 Å². The third-order valence-corrected chi connectivity index (χ3v) is 4.10. The second-order valence-corrected chi connectivity index (χ2v) is 6.36. The van der Waals surface area contributed by atoms with Crippen molar-refractivity contribution in [3.8, 4) is 0 Å². The van der Waals surface area contributed by atoms with Crippen molar-refractivity contribution >= 4 is 33.4 Å². The van der Waals surface area contributed by atoms with Gasteiger partial charge in [0.15, 0.2) is 0 Å². The molecule has 1 unspecified atom stereocenters. The van der Waals surface area contributed by atoms with Crippen LogP contribution in [-0.4, -0.2) is 18.0 Å². The largest absolute Gasteiger partial charge is 0.345 e. The van der Waals surface area contributed by atoms with Gasteiger partial charge in [0.25, 0.3) is 5.91 Å². The summed E-state index contributed by atoms with van der Waals surface area (Å²) in [6.45, 7) is 2.45. The zero-order chi connectivity index (χ0) is 13.3. The second kappa shape index (κ2) is 5.19. The Hall–Kier alpha value is -0.580. The average Bonchev–Trinajstić information content (AvgIpc) is 3.11. The number of hydrogen-bond acceptors (Lipinski definition) is 2. The fourth-order valence-corrected chi connectivity index (χ4v) is 2.92. The summed E-state index contributed by atoms with van der Waals surface area (Å²) in [5, 5.41) is 3.57. The zero-order valence-electron chi connectivity index (χ0n) is 10.2. The maximum absolute atomic E-state index is 12.2. The van der Waals surface area contributed by atoms with Gasteiger partial charge in [0.1, 0.15) is 0 Å². The van der Waals surface area contributed by atoms with E-state index in [1.165, 1.54) is 0 Å². The predicted molar refractivity (Wildman–Crippen MR) is 76.8 cm³/mol. The third kappa shape index (κ3) is 3.05. The maximum Gasteiger partial charge on any atom is 0.251 e. The summed E-state index contributed by atoms with van der Waals surface area (Å²) >= 11 is 9.27. The van der Waals surface area contributed by atoms with Gasteiger partial charge in [0, 0.05) is 21.6 Å². The molecule has 1 saturated carbocycles. The van der Waals surface area contributed by atoms with Crippen LogP contribution in [0.4, 0.5) is 0 Å². The van der Waals surface area contributed by atoms with Gasteiger partial charge in [-0.25, -0.2) is 0 Å². The first-order valence-electron chi connectivity index (χ1n) is 5.93. The summed E-state index contributed by atoms with van der Waals surface area (Å²) in [6, 6.07) is 5.16. The minimum atomic E-state index is -0.314. The van der Waals surface area contributed by atoms with E-state index < -0.39 is 0 Å². The molecule has 3 nitrogen and oxygen atoms in total. The Morgan fingerprint density at radius 2 is 2.22 bits per heavy atom. The van der Waals surface area contributed by atoms with Crippen molar-refractivity contribution in [1.82, 2.24) is 5.32 Å². The molecule has 0 bridgehead atoms. The highest BCUT2D eigenvalue weighted by atomic mass is 79.9. The fourth-order valence-electron chi connectivity index (χ4n) is 2.06. The SMILES string of the molecule is CC(CN)(NC(=O)c1cc(Cl)cc(Br)c1)C1CC1. The number of carbonyl (C=O) groups excluding carboxylic acids is 1. The molecule has 0 radical (unpaired) electrons. The molecule has 2 rings (SSSR count). The van der Waals surface area contributed by atoms with Crippen LogP contribution in [0.5, 0.6) is 0 Å². The highest BCUT2D eigenvalue weighted by Gasteiger charge is 2.41. The number of nitrogens with two attached hydrogens (primary N) is 1. The standard InChI is InChI=1S/C13H16BrClN2O/c1-13(7-16,9-2-3-9)17-12(18)8-4-10(14)6-11(15)5-8/h4-6,9H,2-3,7,16H2,1H3,(H,17,18). The summed E-state index contributed by atoms with van der Waals surface area (Å²) < 4.78 is 0.793. The molecule has 1 atom stereocenters. The van der Waals surface area contributed by atoms with Gasteiger partial charge in [0.05, 0.1) is 5.54 Å². The first-order valence-corrected chi connectivity index (χ1v) is 7.10. The molecule has 5 heteroatoms. The third-order valence-electron chi connectivity index (χ3n) is 3.43. The van der Waals surface area contributed by atoms with Crippen molar-refractivity contribution < 1.29 is 4.79 Å². The van der Waals surface area contributed by atoms with Crippen LogP contribution in [-0.2, 0) is 0 Å². The minimum Gasteiger partial charge on any atom is -0.345 e. The normalized spacial score (nSPS) is 18.2. The van der Waals surface area contributed by atoms with E-state index in [1.54, 1.807) is 18.2 Å². The van der Waals surface area contributed by atoms with E-state index in [0.29, 0.717) is 23.0 Å². The highest BCUT2D eigenvalue weighted by Crippen LogP contribution is 2.39. The number of halogens is 2. The van der Waals surface area contributed by atoms with Gasteiger partial charge in [-0.05, 0) is 43.9 Å². The number of amides is 1. The van der Waals surface area contributed by atoms with Crippen molar-refractivity contribution in [2.75, 3.05) is 6.54 Å². The lowest BCUT2D eigenvalue weighted by molar-refractivity contribution is 0.0898. The van der Waals surface area contributed by atoms with Crippen molar-refractivity contribution in [2.45, 2.75) is 25.3 Å². The molecule has 0 aromatic heterocycles. The summed E-state index contributed by atoms with van der Waals surface area (Å²) in [7, 11) is 0.